The van der Waals surface area contributed by atoms with E-state index in [1.54, 1.807) is 0 Å². The van der Waals surface area contributed by atoms with Crippen molar-refractivity contribution < 1.29 is 0 Å². The van der Waals surface area contributed by atoms with Gasteiger partial charge in [-0.2, -0.15) is 11.8 Å². The minimum absolute atomic E-state index is 0.706. The molecule has 0 N–H and O–H groups in total. The Morgan fingerprint density at radius 3 is 1.71 bits per heavy atom. The number of alkyl halides is 2. The van der Waals surface area contributed by atoms with E-state index in [0.29, 0.717) is 9.65 Å². The van der Waals surface area contributed by atoms with Gasteiger partial charge in [-0.15, -0.1) is 0 Å². The Morgan fingerprint density at radius 2 is 1.57 bits per heavy atom. The third-order valence-corrected chi connectivity index (χ3v) is 5.63. The maximum absolute atomic E-state index is 3.54. The molecule has 0 unspecified atom stereocenters. The molecule has 1 fully saturated rings. The molecule has 0 bridgehead atoms. The highest BCUT2D eigenvalue weighted by atomic mass is 79.9. The van der Waals surface area contributed by atoms with Crippen LogP contribution in [0.25, 0.3) is 0 Å². The molecule has 1 rings (SSSR count). The van der Waals surface area contributed by atoms with E-state index in [1.807, 2.05) is 11.8 Å². The molecule has 0 amide bonds. The van der Waals surface area contributed by atoms with Crippen molar-refractivity contribution in [3.05, 3.63) is 0 Å². The Labute approximate surface area is 64.7 Å². The van der Waals surface area contributed by atoms with Crippen molar-refractivity contribution >= 4 is 43.6 Å². The molecule has 0 nitrogen and oxygen atoms in total. The molecule has 0 aliphatic carbocycles. The summed E-state index contributed by atoms with van der Waals surface area (Å²) >= 11 is 9.07. The van der Waals surface area contributed by atoms with Crippen molar-refractivity contribution in [2.24, 2.45) is 0 Å². The first-order chi connectivity index (χ1) is 3.30. The molecule has 1 aliphatic heterocycles. The van der Waals surface area contributed by atoms with E-state index in [1.165, 1.54) is 11.5 Å². The van der Waals surface area contributed by atoms with Gasteiger partial charge in [0.05, 0.1) is 0 Å². The average molecular weight is 246 g/mol. The summed E-state index contributed by atoms with van der Waals surface area (Å²) in [6.07, 6.45) is 0. The van der Waals surface area contributed by atoms with Crippen molar-refractivity contribution in [1.82, 2.24) is 0 Å². The van der Waals surface area contributed by atoms with Crippen LogP contribution in [0.3, 0.4) is 0 Å². The molecule has 7 heavy (non-hydrogen) atoms. The van der Waals surface area contributed by atoms with Gasteiger partial charge in [0.2, 0.25) is 0 Å². The number of hydrogen-bond donors (Lipinski definition) is 0. The lowest BCUT2D eigenvalue weighted by molar-refractivity contribution is 1.03. The molecule has 2 atom stereocenters. The maximum atomic E-state index is 3.54. The van der Waals surface area contributed by atoms with Gasteiger partial charge in [0, 0.05) is 21.2 Å². The monoisotopic (exact) mass is 244 g/mol. The first-order valence-corrected chi connectivity index (χ1v) is 5.15. The summed E-state index contributed by atoms with van der Waals surface area (Å²) in [5, 5.41) is 0. The molecule has 3 heteroatoms. The van der Waals surface area contributed by atoms with Crippen molar-refractivity contribution in [3.8, 4) is 0 Å². The van der Waals surface area contributed by atoms with Crippen LogP contribution in [-0.4, -0.2) is 21.2 Å². The van der Waals surface area contributed by atoms with Gasteiger partial charge < -0.3 is 0 Å². The second-order valence-corrected chi connectivity index (χ2v) is 5.00. The van der Waals surface area contributed by atoms with Crippen LogP contribution in [0.4, 0.5) is 0 Å². The van der Waals surface area contributed by atoms with Crippen LogP contribution in [0.5, 0.6) is 0 Å². The fourth-order valence-electron chi connectivity index (χ4n) is 0.502. The van der Waals surface area contributed by atoms with E-state index in [0.717, 1.165) is 0 Å². The Morgan fingerprint density at radius 1 is 1.14 bits per heavy atom. The number of hydrogen-bond acceptors (Lipinski definition) is 1. The van der Waals surface area contributed by atoms with Gasteiger partial charge >= 0.3 is 0 Å². The fourth-order valence-corrected chi connectivity index (χ4v) is 3.54. The summed E-state index contributed by atoms with van der Waals surface area (Å²) in [7, 11) is 0. The zero-order valence-corrected chi connectivity index (χ0v) is 7.72. The Balaban J connectivity index is 2.33. The van der Waals surface area contributed by atoms with Crippen LogP contribution < -0.4 is 0 Å². The van der Waals surface area contributed by atoms with Crippen LogP contribution >= 0.6 is 43.6 Å². The van der Waals surface area contributed by atoms with E-state index >= 15 is 0 Å². The summed E-state index contributed by atoms with van der Waals surface area (Å²) in [6, 6.07) is 0. The van der Waals surface area contributed by atoms with E-state index in [4.69, 9.17) is 0 Å². The van der Waals surface area contributed by atoms with Gasteiger partial charge in [-0.25, -0.2) is 0 Å². The van der Waals surface area contributed by atoms with E-state index in [9.17, 15) is 0 Å². The van der Waals surface area contributed by atoms with Gasteiger partial charge in [-0.3, -0.25) is 0 Å². The van der Waals surface area contributed by atoms with Crippen LogP contribution in [0.15, 0.2) is 0 Å². The molecular weight excluding hydrogens is 240 g/mol. The highest BCUT2D eigenvalue weighted by molar-refractivity contribution is 9.12. The zero-order chi connectivity index (χ0) is 5.28. The second kappa shape index (κ2) is 2.74. The number of rotatable bonds is 0. The van der Waals surface area contributed by atoms with Crippen LogP contribution in [0, 0.1) is 0 Å². The molecule has 0 aromatic carbocycles. The van der Waals surface area contributed by atoms with Crippen LogP contribution in [-0.2, 0) is 0 Å². The molecule has 0 spiro atoms. The van der Waals surface area contributed by atoms with Crippen LogP contribution in [0.1, 0.15) is 0 Å². The molecule has 42 valence electrons. The van der Waals surface area contributed by atoms with Crippen molar-refractivity contribution in [3.63, 3.8) is 0 Å². The second-order valence-electron chi connectivity index (χ2n) is 1.57. The summed E-state index contributed by atoms with van der Waals surface area (Å²) in [5.41, 5.74) is 0. The third kappa shape index (κ3) is 1.61. The van der Waals surface area contributed by atoms with Gasteiger partial charge in [-0.05, 0) is 0 Å². The highest BCUT2D eigenvalue weighted by Gasteiger charge is 2.21. The van der Waals surface area contributed by atoms with E-state index < -0.39 is 0 Å². The molecular formula is C4H6Br2S. The lowest BCUT2D eigenvalue weighted by Gasteiger charge is -1.99. The smallest absolute Gasteiger partial charge is 0.0369 e. The van der Waals surface area contributed by atoms with Gasteiger partial charge in [0.15, 0.2) is 0 Å². The minimum Gasteiger partial charge on any atom is -0.160 e. The number of thioether (sulfide) groups is 1. The SMILES string of the molecule is Br[C@H]1CSC[C@@H]1Br. The molecule has 1 heterocycles. The summed E-state index contributed by atoms with van der Waals surface area (Å²) in [4.78, 5) is 1.41. The molecule has 1 saturated heterocycles. The third-order valence-electron chi connectivity index (χ3n) is 0.947. The summed E-state index contributed by atoms with van der Waals surface area (Å²) < 4.78 is 0. The standard InChI is InChI=1S/C4H6Br2S/c5-3-1-7-2-4(3)6/h3-4H,1-2H2/t3-,4-/m0/s1. The van der Waals surface area contributed by atoms with Crippen LogP contribution in [0.2, 0.25) is 0 Å². The molecule has 0 aromatic heterocycles. The fraction of sp³-hybridized carbons (Fsp3) is 1.00. The zero-order valence-electron chi connectivity index (χ0n) is 3.73. The summed E-state index contributed by atoms with van der Waals surface area (Å²) in [6.45, 7) is 0. The first-order valence-electron chi connectivity index (χ1n) is 2.16. The average Bonchev–Trinajstić information content (AvgIpc) is 1.91. The Bertz CT molecular complexity index is 58.7. The largest absolute Gasteiger partial charge is 0.160 e. The van der Waals surface area contributed by atoms with Crippen molar-refractivity contribution in [1.29, 1.82) is 0 Å². The Hall–Kier alpha value is 1.31. The Kier molecular flexibility index (Phi) is 2.52. The quantitative estimate of drug-likeness (QED) is 0.590. The topological polar surface area (TPSA) is 0 Å². The predicted octanol–water partition coefficient (Wildman–Crippen LogP) is 2.26. The van der Waals surface area contributed by atoms with Gasteiger partial charge in [0.25, 0.3) is 0 Å². The first kappa shape index (κ1) is 6.43. The maximum Gasteiger partial charge on any atom is 0.0369 e. The molecule has 1 aliphatic rings. The lowest BCUT2D eigenvalue weighted by Crippen LogP contribution is -2.08. The molecule has 0 aromatic rings. The van der Waals surface area contributed by atoms with Gasteiger partial charge in [-0.1, -0.05) is 31.9 Å². The summed E-state index contributed by atoms with van der Waals surface area (Å²) in [5.74, 6) is 2.52. The van der Waals surface area contributed by atoms with E-state index in [2.05, 4.69) is 31.9 Å². The predicted molar refractivity (Wildman–Crippen MR) is 42.8 cm³/mol. The molecule has 0 saturated carbocycles. The van der Waals surface area contributed by atoms with E-state index in [-0.39, 0.29) is 0 Å². The number of halogens is 2. The van der Waals surface area contributed by atoms with Gasteiger partial charge in [0.1, 0.15) is 0 Å². The highest BCUT2D eigenvalue weighted by Crippen LogP contribution is 2.29. The molecule has 0 radical (unpaired) electrons. The van der Waals surface area contributed by atoms with Crippen molar-refractivity contribution in [2.45, 2.75) is 9.65 Å². The van der Waals surface area contributed by atoms with Crippen molar-refractivity contribution in [2.75, 3.05) is 11.5 Å². The minimum atomic E-state index is 0.706. The lowest BCUT2D eigenvalue weighted by atomic mass is 10.4. The normalized spacial score (nSPS) is 42.0.